The summed E-state index contributed by atoms with van der Waals surface area (Å²) in [6.07, 6.45) is 3.05. The van der Waals surface area contributed by atoms with Gasteiger partial charge in [-0.2, -0.15) is 0 Å². The Kier molecular flexibility index (Phi) is 3.30. The van der Waals surface area contributed by atoms with Crippen LogP contribution in [0.3, 0.4) is 0 Å². The van der Waals surface area contributed by atoms with Gasteiger partial charge in [0.05, 0.1) is 6.04 Å². The zero-order valence-electron chi connectivity index (χ0n) is 9.99. The number of fused-ring (bicyclic) bond motifs is 1. The number of aryl methyl sites for hydroxylation is 1. The molecule has 0 fully saturated rings. The molecule has 0 radical (unpaired) electrons. The highest BCUT2D eigenvalue weighted by atomic mass is 16.3. The third kappa shape index (κ3) is 1.98. The van der Waals surface area contributed by atoms with Gasteiger partial charge in [0, 0.05) is 5.39 Å². The fourth-order valence-corrected chi connectivity index (χ4v) is 2.06. The van der Waals surface area contributed by atoms with E-state index in [0.29, 0.717) is 0 Å². The first-order chi connectivity index (χ1) is 7.76. The van der Waals surface area contributed by atoms with Gasteiger partial charge >= 0.3 is 0 Å². The Hall–Kier alpha value is -1.28. The number of hydrogen-bond acceptors (Lipinski definition) is 2. The van der Waals surface area contributed by atoms with Crippen LogP contribution in [0, 0.1) is 0 Å². The van der Waals surface area contributed by atoms with Gasteiger partial charge in [-0.05, 0) is 24.5 Å². The molecule has 0 saturated carbocycles. The first-order valence-corrected chi connectivity index (χ1v) is 6.03. The van der Waals surface area contributed by atoms with Crippen LogP contribution in [0.2, 0.25) is 0 Å². The molecule has 2 rings (SSSR count). The summed E-state index contributed by atoms with van der Waals surface area (Å²) in [6, 6.07) is 8.38. The number of nitrogens with two attached hydrogens (primary N) is 1. The highest BCUT2D eigenvalue weighted by molar-refractivity contribution is 5.81. The Bertz CT molecular complexity index is 473. The van der Waals surface area contributed by atoms with E-state index in [-0.39, 0.29) is 6.04 Å². The van der Waals surface area contributed by atoms with Crippen molar-refractivity contribution in [2.75, 3.05) is 0 Å². The minimum Gasteiger partial charge on any atom is -0.459 e. The van der Waals surface area contributed by atoms with Crippen LogP contribution in [0.15, 0.2) is 28.7 Å². The lowest BCUT2D eigenvalue weighted by Crippen LogP contribution is -2.08. The number of rotatable bonds is 4. The predicted molar refractivity (Wildman–Crippen MR) is 67.4 cm³/mol. The second kappa shape index (κ2) is 4.71. The summed E-state index contributed by atoms with van der Waals surface area (Å²) in [7, 11) is 0. The second-order valence-electron chi connectivity index (χ2n) is 4.23. The molecule has 2 nitrogen and oxygen atoms in total. The molecule has 86 valence electrons. The van der Waals surface area contributed by atoms with Crippen LogP contribution in [-0.2, 0) is 6.42 Å². The molecule has 0 aliphatic heterocycles. The molecule has 1 atom stereocenters. The van der Waals surface area contributed by atoms with Crippen molar-refractivity contribution in [1.29, 1.82) is 0 Å². The summed E-state index contributed by atoms with van der Waals surface area (Å²) in [6.45, 7) is 4.28. The monoisotopic (exact) mass is 217 g/mol. The van der Waals surface area contributed by atoms with Gasteiger partial charge in [0.25, 0.3) is 0 Å². The largest absolute Gasteiger partial charge is 0.459 e. The van der Waals surface area contributed by atoms with Gasteiger partial charge in [-0.3, -0.25) is 0 Å². The Morgan fingerprint density at radius 2 is 2.12 bits per heavy atom. The molecule has 2 aromatic rings. The molecule has 0 unspecified atom stereocenters. The first-order valence-electron chi connectivity index (χ1n) is 6.03. The molecular formula is C14H19NO. The van der Waals surface area contributed by atoms with E-state index in [4.69, 9.17) is 10.2 Å². The smallest absolute Gasteiger partial charge is 0.137 e. The number of furan rings is 1. The molecule has 1 aromatic heterocycles. The topological polar surface area (TPSA) is 39.2 Å². The molecule has 0 bridgehead atoms. The molecule has 2 N–H and O–H groups in total. The van der Waals surface area contributed by atoms with Crippen LogP contribution >= 0.6 is 0 Å². The Labute approximate surface area is 96.4 Å². The van der Waals surface area contributed by atoms with Crippen LogP contribution in [0.5, 0.6) is 0 Å². The molecule has 0 aliphatic carbocycles. The van der Waals surface area contributed by atoms with Gasteiger partial charge in [0.1, 0.15) is 11.3 Å². The van der Waals surface area contributed by atoms with Crippen molar-refractivity contribution < 1.29 is 4.42 Å². The Balaban J connectivity index is 2.43. The SMILES string of the molecule is CCC[C@H](N)c1cc2cccc(CC)c2o1. The molecule has 2 heteroatoms. The van der Waals surface area contributed by atoms with Crippen LogP contribution in [0.1, 0.15) is 44.1 Å². The fourth-order valence-electron chi connectivity index (χ4n) is 2.06. The van der Waals surface area contributed by atoms with E-state index in [0.717, 1.165) is 30.6 Å². The van der Waals surface area contributed by atoms with E-state index in [1.54, 1.807) is 0 Å². The van der Waals surface area contributed by atoms with E-state index < -0.39 is 0 Å². The quantitative estimate of drug-likeness (QED) is 0.846. The van der Waals surface area contributed by atoms with Gasteiger partial charge in [-0.25, -0.2) is 0 Å². The number of para-hydroxylation sites is 1. The normalized spacial score (nSPS) is 13.2. The summed E-state index contributed by atoms with van der Waals surface area (Å²) in [5.74, 6) is 0.915. The van der Waals surface area contributed by atoms with Crippen molar-refractivity contribution in [1.82, 2.24) is 0 Å². The van der Waals surface area contributed by atoms with Gasteiger partial charge in [0.15, 0.2) is 0 Å². The second-order valence-corrected chi connectivity index (χ2v) is 4.23. The van der Waals surface area contributed by atoms with Crippen LogP contribution < -0.4 is 5.73 Å². The molecule has 0 saturated heterocycles. The van der Waals surface area contributed by atoms with Crippen LogP contribution in [-0.4, -0.2) is 0 Å². The lowest BCUT2D eigenvalue weighted by molar-refractivity contribution is 0.474. The fraction of sp³-hybridized carbons (Fsp3) is 0.429. The summed E-state index contributed by atoms with van der Waals surface area (Å²) in [4.78, 5) is 0. The molecule has 0 amide bonds. The lowest BCUT2D eigenvalue weighted by Gasteiger charge is -2.05. The van der Waals surface area contributed by atoms with E-state index in [2.05, 4.69) is 38.1 Å². The molecule has 16 heavy (non-hydrogen) atoms. The summed E-state index contributed by atoms with van der Waals surface area (Å²) in [5.41, 5.74) is 8.33. The van der Waals surface area contributed by atoms with E-state index in [9.17, 15) is 0 Å². The van der Waals surface area contributed by atoms with Gasteiger partial charge in [0.2, 0.25) is 0 Å². The molecular weight excluding hydrogens is 198 g/mol. The standard InChI is InChI=1S/C14H19NO/c1-3-6-12(15)13-9-11-8-5-7-10(4-2)14(11)16-13/h5,7-9,12H,3-4,6,15H2,1-2H3/t12-/m0/s1. The maximum atomic E-state index is 6.07. The van der Waals surface area contributed by atoms with Crippen LogP contribution in [0.25, 0.3) is 11.0 Å². The average Bonchev–Trinajstić information content (AvgIpc) is 2.72. The van der Waals surface area contributed by atoms with E-state index >= 15 is 0 Å². The van der Waals surface area contributed by atoms with Gasteiger partial charge in [-0.1, -0.05) is 38.5 Å². The minimum absolute atomic E-state index is 0.0297. The summed E-state index contributed by atoms with van der Waals surface area (Å²) in [5, 5.41) is 1.17. The van der Waals surface area contributed by atoms with Crippen molar-refractivity contribution in [2.45, 2.75) is 39.2 Å². The van der Waals surface area contributed by atoms with E-state index in [1.807, 2.05) is 0 Å². The zero-order valence-corrected chi connectivity index (χ0v) is 9.99. The highest BCUT2D eigenvalue weighted by Gasteiger charge is 2.12. The number of hydrogen-bond donors (Lipinski definition) is 1. The van der Waals surface area contributed by atoms with Crippen molar-refractivity contribution in [2.24, 2.45) is 5.73 Å². The summed E-state index contributed by atoms with van der Waals surface area (Å²) < 4.78 is 5.88. The summed E-state index contributed by atoms with van der Waals surface area (Å²) >= 11 is 0. The third-order valence-corrected chi connectivity index (χ3v) is 2.99. The lowest BCUT2D eigenvalue weighted by atomic mass is 10.1. The molecule has 0 spiro atoms. The zero-order chi connectivity index (χ0) is 11.5. The van der Waals surface area contributed by atoms with E-state index in [1.165, 1.54) is 10.9 Å². The predicted octanol–water partition coefficient (Wildman–Crippen LogP) is 3.80. The van der Waals surface area contributed by atoms with Gasteiger partial charge in [-0.15, -0.1) is 0 Å². The maximum Gasteiger partial charge on any atom is 0.137 e. The Morgan fingerprint density at radius 1 is 1.31 bits per heavy atom. The minimum atomic E-state index is 0.0297. The third-order valence-electron chi connectivity index (χ3n) is 2.99. The Morgan fingerprint density at radius 3 is 2.81 bits per heavy atom. The first kappa shape index (κ1) is 11.2. The average molecular weight is 217 g/mol. The molecule has 1 heterocycles. The van der Waals surface area contributed by atoms with Crippen molar-refractivity contribution in [3.8, 4) is 0 Å². The van der Waals surface area contributed by atoms with Crippen LogP contribution in [0.4, 0.5) is 0 Å². The van der Waals surface area contributed by atoms with Crippen molar-refractivity contribution in [3.05, 3.63) is 35.6 Å². The van der Waals surface area contributed by atoms with Gasteiger partial charge < -0.3 is 10.2 Å². The molecule has 1 aromatic carbocycles. The molecule has 0 aliphatic rings. The van der Waals surface area contributed by atoms with Crippen molar-refractivity contribution in [3.63, 3.8) is 0 Å². The van der Waals surface area contributed by atoms with Crippen molar-refractivity contribution >= 4 is 11.0 Å². The maximum absolute atomic E-state index is 6.07. The number of benzene rings is 1. The highest BCUT2D eigenvalue weighted by Crippen LogP contribution is 2.27.